The van der Waals surface area contributed by atoms with Gasteiger partial charge in [-0.2, -0.15) is 14.0 Å². The summed E-state index contributed by atoms with van der Waals surface area (Å²) in [5.74, 6) is 0. The van der Waals surface area contributed by atoms with Gasteiger partial charge in [-0.3, -0.25) is 0 Å². The van der Waals surface area contributed by atoms with Gasteiger partial charge in [-0.25, -0.2) is 0 Å². The summed E-state index contributed by atoms with van der Waals surface area (Å²) in [6.07, 6.45) is 0. The summed E-state index contributed by atoms with van der Waals surface area (Å²) in [6, 6.07) is 0. The molecule has 0 aromatic heterocycles. The Bertz CT molecular complexity index is 23.0. The van der Waals surface area contributed by atoms with E-state index in [9.17, 15) is 0 Å². The van der Waals surface area contributed by atoms with Crippen LogP contribution in [0, 0.1) is 41.4 Å². The van der Waals surface area contributed by atoms with Gasteiger partial charge in [0.2, 0.25) is 0 Å². The molecule has 0 rings (SSSR count). The summed E-state index contributed by atoms with van der Waals surface area (Å²) in [6.45, 7) is 0. The quantitative estimate of drug-likeness (QED) is 0.486. The molecule has 0 fully saturated rings. The van der Waals surface area contributed by atoms with E-state index in [2.05, 4.69) is 0 Å². The second-order valence-corrected chi connectivity index (χ2v) is 1.19. The molecule has 1 N–H and O–H groups in total. The smallest absolute Gasteiger partial charge is 0.0777 e. The molecular formula is HClO4U. The van der Waals surface area contributed by atoms with Crippen LogP contribution in [0.5, 0.6) is 0 Å². The third-order valence-corrected chi connectivity index (χ3v) is 0. The molecule has 4 nitrogen and oxygen atoms in total. The van der Waals surface area contributed by atoms with Crippen molar-refractivity contribution in [1.29, 1.82) is 0 Å². The van der Waals surface area contributed by atoms with Gasteiger partial charge < -0.3 is 0 Å². The molecule has 0 aliphatic heterocycles. The fraction of sp³-hybridized carbons (Fsp3) is 0. The molecule has 0 aliphatic rings. The van der Waals surface area contributed by atoms with E-state index in [-0.39, 0.29) is 31.1 Å². The minimum atomic E-state index is -4.69. The maximum atomic E-state index is 8.60. The van der Waals surface area contributed by atoms with Crippen LogP contribution in [0.25, 0.3) is 0 Å². The predicted molar refractivity (Wildman–Crippen MR) is 2.22 cm³/mol. The zero-order chi connectivity index (χ0) is 4.50. The van der Waals surface area contributed by atoms with Gasteiger partial charge in [0.1, 0.15) is 0 Å². The number of halogens is 1. The molecule has 0 aromatic carbocycles. The van der Waals surface area contributed by atoms with Gasteiger partial charge in [0.05, 0.1) is 14.9 Å². The minimum absolute atomic E-state index is 0. The third kappa shape index (κ3) is 64.9. The summed E-state index contributed by atoms with van der Waals surface area (Å²) in [4.78, 5) is 0. The molecule has 6 heavy (non-hydrogen) atoms. The first-order valence-corrected chi connectivity index (χ1v) is 1.90. The van der Waals surface area contributed by atoms with E-state index in [1.165, 1.54) is 0 Å². The maximum absolute atomic E-state index is 8.60. The molecule has 0 spiro atoms. The monoisotopic (exact) mass is 338 g/mol. The molecule has 36 valence electrons. The zero-order valence-corrected chi connectivity index (χ0v) is 7.47. The summed E-state index contributed by atoms with van der Waals surface area (Å²) in [5.41, 5.74) is 0. The van der Waals surface area contributed by atoms with Crippen LogP contribution in [0.3, 0.4) is 0 Å². The van der Waals surface area contributed by atoms with Crippen molar-refractivity contribution in [3.05, 3.63) is 0 Å². The van der Waals surface area contributed by atoms with Gasteiger partial charge in [0.15, 0.2) is 0 Å². The van der Waals surface area contributed by atoms with Gasteiger partial charge >= 0.3 is 0 Å². The van der Waals surface area contributed by atoms with Crippen LogP contribution in [0.15, 0.2) is 0 Å². The van der Waals surface area contributed by atoms with Gasteiger partial charge in [-0.1, -0.05) is 0 Å². The second kappa shape index (κ2) is 3.22. The SMILES string of the molecule is [O-][Cl+3]([O-])([O-])O.[U]. The van der Waals surface area contributed by atoms with Crippen LogP contribution >= 0.6 is 0 Å². The fourth-order valence-corrected chi connectivity index (χ4v) is 0. The van der Waals surface area contributed by atoms with Crippen LogP contribution in [-0.2, 0) is 0 Å². The predicted octanol–water partition coefficient (Wildman–Crippen LogP) is -4.12. The van der Waals surface area contributed by atoms with Crippen molar-refractivity contribution >= 4 is 0 Å². The molecule has 0 radical (unpaired) electrons. The molecule has 0 amide bonds. The number of rotatable bonds is 0. The van der Waals surface area contributed by atoms with Crippen LogP contribution in [0.2, 0.25) is 0 Å². The Balaban J connectivity index is 0. The van der Waals surface area contributed by atoms with Gasteiger partial charge in [0, 0.05) is 31.1 Å². The molecule has 0 bridgehead atoms. The Morgan fingerprint density at radius 3 is 1.17 bits per heavy atom. The van der Waals surface area contributed by atoms with Crippen molar-refractivity contribution in [3.63, 3.8) is 0 Å². The first kappa shape index (κ1) is 10.2. The van der Waals surface area contributed by atoms with Crippen molar-refractivity contribution in [1.82, 2.24) is 0 Å². The Hall–Kier alpha value is 1.18. The number of hydrogen-bond acceptors (Lipinski definition) is 4. The summed E-state index contributed by atoms with van der Waals surface area (Å²) >= 11 is 0. The average Bonchev–Trinajstić information content (AvgIpc) is 0.722. The van der Waals surface area contributed by atoms with E-state index in [1.807, 2.05) is 0 Å². The van der Waals surface area contributed by atoms with Crippen molar-refractivity contribution in [2.24, 2.45) is 0 Å². The van der Waals surface area contributed by atoms with E-state index in [0.29, 0.717) is 0 Å². The van der Waals surface area contributed by atoms with E-state index >= 15 is 0 Å². The topological polar surface area (TPSA) is 89.4 Å². The van der Waals surface area contributed by atoms with E-state index in [1.54, 1.807) is 0 Å². The molecule has 0 atom stereocenters. The zero-order valence-electron chi connectivity index (χ0n) is 2.55. The first-order valence-electron chi connectivity index (χ1n) is 0.632. The van der Waals surface area contributed by atoms with E-state index in [0.717, 1.165) is 0 Å². The first-order chi connectivity index (χ1) is 2.00. The largest absolute Gasteiger partial charge is 0.183 e. The van der Waals surface area contributed by atoms with Crippen molar-refractivity contribution in [3.8, 4) is 0 Å². The Morgan fingerprint density at radius 2 is 1.17 bits per heavy atom. The second-order valence-electron chi connectivity index (χ2n) is 0.396. The summed E-state index contributed by atoms with van der Waals surface area (Å²) in [7, 11) is -4.69. The Labute approximate surface area is 59.9 Å². The van der Waals surface area contributed by atoms with E-state index in [4.69, 9.17) is 18.6 Å². The van der Waals surface area contributed by atoms with Crippen molar-refractivity contribution in [2.75, 3.05) is 0 Å². The van der Waals surface area contributed by atoms with Crippen LogP contribution in [-0.4, -0.2) is 4.66 Å². The van der Waals surface area contributed by atoms with Crippen molar-refractivity contribution in [2.45, 2.75) is 0 Å². The molecule has 0 aromatic rings. The molecule has 0 unspecified atom stereocenters. The summed E-state index contributed by atoms with van der Waals surface area (Å²) < 4.78 is 32.7. The third-order valence-electron chi connectivity index (χ3n) is 0. The molecule has 0 saturated heterocycles. The van der Waals surface area contributed by atoms with Crippen LogP contribution in [0.1, 0.15) is 0 Å². The molecule has 0 saturated carbocycles. The normalized spacial score (nSPS) is 10.0. The molecular weight excluding hydrogens is 337 g/mol. The van der Waals surface area contributed by atoms with Crippen molar-refractivity contribution < 1.29 is 60.0 Å². The average molecular weight is 338 g/mol. The Morgan fingerprint density at radius 1 is 1.17 bits per heavy atom. The fourth-order valence-electron chi connectivity index (χ4n) is 0. The van der Waals surface area contributed by atoms with E-state index < -0.39 is 10.2 Å². The van der Waals surface area contributed by atoms with Gasteiger partial charge in [-0.05, 0) is 0 Å². The van der Waals surface area contributed by atoms with Gasteiger partial charge in [0.25, 0.3) is 0 Å². The standard InChI is InChI=1S/ClHO4.U/c2-1(3,4)5;/h(H,2,3,4,5);. The Kier molecular flexibility index (Phi) is 5.48. The molecule has 6 heteroatoms. The summed E-state index contributed by atoms with van der Waals surface area (Å²) in [5, 5.41) is 0. The molecule has 0 aliphatic carbocycles. The van der Waals surface area contributed by atoms with Crippen LogP contribution < -0.4 is 14.0 Å². The minimum Gasteiger partial charge on any atom is -0.183 e. The maximum Gasteiger partial charge on any atom is 0.0777 e. The molecule has 0 heterocycles. The number of hydrogen-bond donors (Lipinski definition) is 1. The van der Waals surface area contributed by atoms with Crippen LogP contribution in [0.4, 0.5) is 0 Å². The van der Waals surface area contributed by atoms with Gasteiger partial charge in [-0.15, -0.1) is 0 Å².